The second kappa shape index (κ2) is 4.03. The van der Waals surface area contributed by atoms with Crippen LogP contribution >= 0.6 is 15.9 Å². The van der Waals surface area contributed by atoms with E-state index in [4.69, 9.17) is 0 Å². The quantitative estimate of drug-likeness (QED) is 0.867. The van der Waals surface area contributed by atoms with Gasteiger partial charge in [-0.15, -0.1) is 0 Å². The minimum atomic E-state index is 0.905. The maximum Gasteiger partial charge on any atom is 0.0660 e. The molecule has 2 aromatic rings. The molecule has 16 heavy (non-hydrogen) atoms. The second-order valence-corrected chi connectivity index (χ2v) is 4.85. The van der Waals surface area contributed by atoms with Crippen molar-refractivity contribution in [3.8, 4) is 5.69 Å². The Hall–Kier alpha value is -1.13. The fourth-order valence-corrected chi connectivity index (χ4v) is 2.45. The molecule has 82 valence electrons. The molecule has 0 unspecified atom stereocenters. The van der Waals surface area contributed by atoms with Crippen LogP contribution in [-0.4, -0.2) is 16.3 Å². The van der Waals surface area contributed by atoms with Crippen molar-refractivity contribution in [3.05, 3.63) is 46.2 Å². The lowest BCUT2D eigenvalue weighted by Crippen LogP contribution is -2.24. The molecular weight excluding hydrogens is 266 g/mol. The molecule has 0 saturated carbocycles. The molecular formula is C12H12BrN3. The zero-order chi connectivity index (χ0) is 11.0. The van der Waals surface area contributed by atoms with Crippen molar-refractivity contribution in [1.29, 1.82) is 0 Å². The summed E-state index contributed by atoms with van der Waals surface area (Å²) in [7, 11) is 0. The van der Waals surface area contributed by atoms with E-state index in [0.29, 0.717) is 0 Å². The smallest absolute Gasteiger partial charge is 0.0660 e. The van der Waals surface area contributed by atoms with Crippen LogP contribution in [0.25, 0.3) is 5.69 Å². The number of aromatic nitrogens is 2. The normalized spacial score (nSPS) is 14.8. The Labute approximate surface area is 103 Å². The van der Waals surface area contributed by atoms with E-state index in [2.05, 4.69) is 38.5 Å². The standard InChI is InChI=1S/C12H12BrN3/c13-10-2-1-3-11(6-10)16-12-8-14-5-4-9(12)7-15-16/h1-3,6-7,14H,4-5,8H2. The molecule has 1 aliphatic rings. The number of nitrogens with one attached hydrogen (secondary N) is 1. The first-order valence-corrected chi connectivity index (χ1v) is 6.16. The molecule has 0 fully saturated rings. The van der Waals surface area contributed by atoms with E-state index < -0.39 is 0 Å². The lowest BCUT2D eigenvalue weighted by Gasteiger charge is -2.15. The molecule has 1 N–H and O–H groups in total. The van der Waals surface area contributed by atoms with E-state index >= 15 is 0 Å². The Morgan fingerprint density at radius 1 is 1.38 bits per heavy atom. The highest BCUT2D eigenvalue weighted by molar-refractivity contribution is 9.10. The monoisotopic (exact) mass is 277 g/mol. The number of fused-ring (bicyclic) bond motifs is 1. The second-order valence-electron chi connectivity index (χ2n) is 3.93. The molecule has 0 aliphatic carbocycles. The van der Waals surface area contributed by atoms with Crippen molar-refractivity contribution in [1.82, 2.24) is 15.1 Å². The summed E-state index contributed by atoms with van der Waals surface area (Å²) in [4.78, 5) is 0. The largest absolute Gasteiger partial charge is 0.311 e. The van der Waals surface area contributed by atoms with Crippen molar-refractivity contribution in [2.75, 3.05) is 6.54 Å². The number of halogens is 1. The molecule has 0 saturated heterocycles. The minimum absolute atomic E-state index is 0.905. The van der Waals surface area contributed by atoms with Crippen LogP contribution in [0.4, 0.5) is 0 Å². The minimum Gasteiger partial charge on any atom is -0.311 e. The van der Waals surface area contributed by atoms with Gasteiger partial charge in [-0.3, -0.25) is 0 Å². The predicted molar refractivity (Wildman–Crippen MR) is 66.7 cm³/mol. The zero-order valence-corrected chi connectivity index (χ0v) is 10.4. The summed E-state index contributed by atoms with van der Waals surface area (Å²) < 4.78 is 3.10. The zero-order valence-electron chi connectivity index (χ0n) is 8.78. The highest BCUT2D eigenvalue weighted by atomic mass is 79.9. The first-order valence-electron chi connectivity index (χ1n) is 5.37. The van der Waals surface area contributed by atoms with Crippen molar-refractivity contribution in [2.24, 2.45) is 0 Å². The highest BCUT2D eigenvalue weighted by Crippen LogP contribution is 2.20. The lowest BCUT2D eigenvalue weighted by molar-refractivity contribution is 0.614. The molecule has 0 amide bonds. The maximum absolute atomic E-state index is 4.46. The van der Waals surface area contributed by atoms with Crippen molar-refractivity contribution in [2.45, 2.75) is 13.0 Å². The van der Waals surface area contributed by atoms with E-state index in [-0.39, 0.29) is 0 Å². The van der Waals surface area contributed by atoms with Gasteiger partial charge in [-0.25, -0.2) is 4.68 Å². The van der Waals surface area contributed by atoms with Crippen LogP contribution in [0.3, 0.4) is 0 Å². The summed E-state index contributed by atoms with van der Waals surface area (Å²) in [6, 6.07) is 8.22. The predicted octanol–water partition coefficient (Wildman–Crippen LogP) is 2.28. The molecule has 0 atom stereocenters. The van der Waals surface area contributed by atoms with E-state index in [1.54, 1.807) is 0 Å². The van der Waals surface area contributed by atoms with Crippen LogP contribution in [0.2, 0.25) is 0 Å². The molecule has 0 bridgehead atoms. The van der Waals surface area contributed by atoms with Gasteiger partial charge in [-0.05, 0) is 36.7 Å². The van der Waals surface area contributed by atoms with Gasteiger partial charge < -0.3 is 5.32 Å². The van der Waals surface area contributed by atoms with Crippen LogP contribution in [0.5, 0.6) is 0 Å². The topological polar surface area (TPSA) is 29.9 Å². The fourth-order valence-electron chi connectivity index (χ4n) is 2.07. The van der Waals surface area contributed by atoms with Crippen LogP contribution < -0.4 is 5.32 Å². The number of benzene rings is 1. The molecule has 0 spiro atoms. The Morgan fingerprint density at radius 3 is 3.19 bits per heavy atom. The summed E-state index contributed by atoms with van der Waals surface area (Å²) in [6.07, 6.45) is 3.06. The fraction of sp³-hybridized carbons (Fsp3) is 0.250. The number of nitrogens with zero attached hydrogens (tertiary/aromatic N) is 2. The third-order valence-electron chi connectivity index (χ3n) is 2.87. The Kier molecular flexibility index (Phi) is 2.53. The molecule has 3 nitrogen and oxygen atoms in total. The van der Waals surface area contributed by atoms with Gasteiger partial charge in [0.25, 0.3) is 0 Å². The molecule has 4 heteroatoms. The maximum atomic E-state index is 4.46. The highest BCUT2D eigenvalue weighted by Gasteiger charge is 2.15. The van der Waals surface area contributed by atoms with E-state index in [1.165, 1.54) is 11.3 Å². The first kappa shape index (κ1) is 10.1. The van der Waals surface area contributed by atoms with Gasteiger partial charge in [0.2, 0.25) is 0 Å². The number of hydrogen-bond acceptors (Lipinski definition) is 2. The van der Waals surface area contributed by atoms with Crippen LogP contribution in [0.1, 0.15) is 11.3 Å². The van der Waals surface area contributed by atoms with Crippen molar-refractivity contribution >= 4 is 15.9 Å². The summed E-state index contributed by atoms with van der Waals surface area (Å²) in [6.45, 7) is 1.96. The summed E-state index contributed by atoms with van der Waals surface area (Å²) in [5, 5.41) is 7.84. The SMILES string of the molecule is Brc1cccc(-n2ncc3c2CNCC3)c1. The average Bonchev–Trinajstić information content (AvgIpc) is 2.72. The molecule has 0 radical (unpaired) electrons. The lowest BCUT2D eigenvalue weighted by atomic mass is 10.1. The van der Waals surface area contributed by atoms with Crippen LogP contribution in [-0.2, 0) is 13.0 Å². The third-order valence-corrected chi connectivity index (χ3v) is 3.36. The number of rotatable bonds is 1. The van der Waals surface area contributed by atoms with Gasteiger partial charge in [0.1, 0.15) is 0 Å². The molecule has 2 heterocycles. The average molecular weight is 278 g/mol. The summed E-state index contributed by atoms with van der Waals surface area (Å²) in [5.74, 6) is 0. The Bertz CT molecular complexity index is 519. The summed E-state index contributed by atoms with van der Waals surface area (Å²) >= 11 is 3.49. The van der Waals surface area contributed by atoms with Crippen LogP contribution in [0.15, 0.2) is 34.9 Å². The van der Waals surface area contributed by atoms with Gasteiger partial charge in [0, 0.05) is 11.0 Å². The third kappa shape index (κ3) is 1.68. The van der Waals surface area contributed by atoms with Crippen molar-refractivity contribution < 1.29 is 0 Å². The molecule has 1 aliphatic heterocycles. The van der Waals surface area contributed by atoms with Gasteiger partial charge in [-0.1, -0.05) is 22.0 Å². The van der Waals surface area contributed by atoms with E-state index in [1.807, 2.05) is 23.0 Å². The first-order chi connectivity index (χ1) is 7.84. The Balaban J connectivity index is 2.09. The molecule has 1 aromatic heterocycles. The van der Waals surface area contributed by atoms with Gasteiger partial charge in [-0.2, -0.15) is 5.10 Å². The van der Waals surface area contributed by atoms with Crippen molar-refractivity contribution in [3.63, 3.8) is 0 Å². The molecule has 3 rings (SSSR count). The molecule has 1 aromatic carbocycles. The van der Waals surface area contributed by atoms with Gasteiger partial charge in [0.15, 0.2) is 0 Å². The van der Waals surface area contributed by atoms with E-state index in [9.17, 15) is 0 Å². The van der Waals surface area contributed by atoms with E-state index in [0.717, 1.165) is 29.7 Å². The summed E-state index contributed by atoms with van der Waals surface area (Å²) in [5.41, 5.74) is 3.75. The van der Waals surface area contributed by atoms with Crippen LogP contribution in [0, 0.1) is 0 Å². The Morgan fingerprint density at radius 2 is 2.31 bits per heavy atom. The van der Waals surface area contributed by atoms with Gasteiger partial charge >= 0.3 is 0 Å². The van der Waals surface area contributed by atoms with Gasteiger partial charge in [0.05, 0.1) is 17.6 Å². The number of hydrogen-bond donors (Lipinski definition) is 1.